The third-order valence-electron chi connectivity index (χ3n) is 4.85. The van der Waals surface area contributed by atoms with Crippen LogP contribution in [0.2, 0.25) is 10.0 Å². The van der Waals surface area contributed by atoms with Gasteiger partial charge in [-0.15, -0.1) is 0 Å². The monoisotopic (exact) mass is 516 g/mol. The van der Waals surface area contributed by atoms with Crippen molar-refractivity contribution >= 4 is 45.2 Å². The summed E-state index contributed by atoms with van der Waals surface area (Å²) >= 11 is 11.9. The highest BCUT2D eigenvalue weighted by atomic mass is 35.5. The minimum absolute atomic E-state index is 0.00867. The number of rotatable bonds is 12. The molecule has 2 aromatic rings. The van der Waals surface area contributed by atoms with Gasteiger partial charge in [0.05, 0.1) is 14.9 Å². The summed E-state index contributed by atoms with van der Waals surface area (Å²) in [5.41, 5.74) is 1.51. The van der Waals surface area contributed by atoms with Gasteiger partial charge in [-0.1, -0.05) is 55.2 Å². The lowest BCUT2D eigenvalue weighted by atomic mass is 10.0. The van der Waals surface area contributed by atoms with Gasteiger partial charge in [0, 0.05) is 6.54 Å². The Labute approximate surface area is 203 Å². The lowest BCUT2D eigenvalue weighted by Gasteiger charge is -2.21. The van der Waals surface area contributed by atoms with Gasteiger partial charge >= 0.3 is 11.9 Å². The maximum Gasteiger partial charge on any atom is 0.320 e. The summed E-state index contributed by atoms with van der Waals surface area (Å²) in [6, 6.07) is 8.92. The number of hydrogen-bond donors (Lipinski definition) is 4. The molecule has 8 nitrogen and oxygen atoms in total. The quantitative estimate of drug-likeness (QED) is 0.336. The number of benzene rings is 2. The maximum absolute atomic E-state index is 12.6. The first-order chi connectivity index (χ1) is 15.4. The second kappa shape index (κ2) is 11.8. The molecule has 2 atom stereocenters. The Morgan fingerprint density at radius 2 is 1.48 bits per heavy atom. The van der Waals surface area contributed by atoms with Crippen LogP contribution < -0.4 is 10.0 Å². The van der Waals surface area contributed by atoms with E-state index in [1.54, 1.807) is 30.3 Å². The largest absolute Gasteiger partial charge is 0.480 e. The van der Waals surface area contributed by atoms with E-state index in [1.807, 2.05) is 13.8 Å². The highest BCUT2D eigenvalue weighted by Crippen LogP contribution is 2.29. The Morgan fingerprint density at radius 3 is 2.00 bits per heavy atom. The Balaban J connectivity index is 2.03. The summed E-state index contributed by atoms with van der Waals surface area (Å²) in [6.07, 6.45) is 0.119. The van der Waals surface area contributed by atoms with Crippen molar-refractivity contribution in [2.45, 2.75) is 43.7 Å². The summed E-state index contributed by atoms with van der Waals surface area (Å²) in [4.78, 5) is 22.9. The van der Waals surface area contributed by atoms with Crippen LogP contribution in [-0.4, -0.2) is 49.2 Å². The van der Waals surface area contributed by atoms with E-state index >= 15 is 0 Å². The first-order valence-electron chi connectivity index (χ1n) is 10.2. The normalized spacial score (nSPS) is 13.6. The van der Waals surface area contributed by atoms with Gasteiger partial charge in [0.25, 0.3) is 0 Å². The summed E-state index contributed by atoms with van der Waals surface area (Å²) in [6.45, 7) is 3.47. The van der Waals surface area contributed by atoms with Crippen LogP contribution in [0.5, 0.6) is 0 Å². The summed E-state index contributed by atoms with van der Waals surface area (Å²) in [5.74, 6) is -2.37. The molecule has 2 unspecified atom stereocenters. The predicted octanol–water partition coefficient (Wildman–Crippen LogP) is 3.87. The first kappa shape index (κ1) is 27.1. The van der Waals surface area contributed by atoms with Gasteiger partial charge in [-0.25, -0.2) is 13.1 Å². The third kappa shape index (κ3) is 7.97. The van der Waals surface area contributed by atoms with Crippen molar-refractivity contribution < 1.29 is 28.2 Å². The molecule has 4 N–H and O–H groups in total. The Kier molecular flexibility index (Phi) is 9.69. The van der Waals surface area contributed by atoms with Crippen LogP contribution in [0.4, 0.5) is 0 Å². The van der Waals surface area contributed by atoms with E-state index in [4.69, 9.17) is 23.2 Å². The fraction of sp³-hybridized carbons (Fsp3) is 0.364. The number of carbonyl (C=O) groups is 2. The molecule has 0 amide bonds. The fourth-order valence-electron chi connectivity index (χ4n) is 3.16. The van der Waals surface area contributed by atoms with Crippen LogP contribution >= 0.6 is 23.2 Å². The lowest BCUT2D eigenvalue weighted by Crippen LogP contribution is -2.48. The van der Waals surface area contributed by atoms with E-state index in [-0.39, 0.29) is 30.2 Å². The van der Waals surface area contributed by atoms with E-state index in [2.05, 4.69) is 10.0 Å². The molecule has 0 saturated heterocycles. The molecule has 0 heterocycles. The molecule has 0 aliphatic carbocycles. The first-order valence-corrected chi connectivity index (χ1v) is 12.4. The molecule has 2 rings (SSSR count). The van der Waals surface area contributed by atoms with Crippen molar-refractivity contribution in [3.05, 3.63) is 52.5 Å². The molecule has 180 valence electrons. The number of hydrogen-bond acceptors (Lipinski definition) is 5. The van der Waals surface area contributed by atoms with Crippen LogP contribution in [0.15, 0.2) is 47.4 Å². The topological polar surface area (TPSA) is 133 Å². The van der Waals surface area contributed by atoms with Crippen molar-refractivity contribution in [1.29, 1.82) is 0 Å². The van der Waals surface area contributed by atoms with Crippen molar-refractivity contribution in [3.8, 4) is 11.1 Å². The number of carboxylic acids is 2. The Morgan fingerprint density at radius 1 is 0.909 bits per heavy atom. The van der Waals surface area contributed by atoms with Crippen molar-refractivity contribution in [2.75, 3.05) is 6.54 Å². The number of sulfonamides is 1. The number of aliphatic carboxylic acids is 2. The molecule has 0 aliphatic heterocycles. The molecule has 0 saturated carbocycles. The molecule has 0 aromatic heterocycles. The minimum Gasteiger partial charge on any atom is -0.480 e. The molecule has 33 heavy (non-hydrogen) atoms. The van der Waals surface area contributed by atoms with Gasteiger partial charge in [0.15, 0.2) is 0 Å². The van der Waals surface area contributed by atoms with Gasteiger partial charge < -0.3 is 10.2 Å². The average Bonchev–Trinajstić information content (AvgIpc) is 2.73. The highest BCUT2D eigenvalue weighted by molar-refractivity contribution is 7.89. The molecule has 0 fully saturated rings. The Hall–Kier alpha value is -2.17. The van der Waals surface area contributed by atoms with Crippen LogP contribution in [0.3, 0.4) is 0 Å². The van der Waals surface area contributed by atoms with Gasteiger partial charge in [-0.3, -0.25) is 14.9 Å². The zero-order valence-electron chi connectivity index (χ0n) is 18.1. The van der Waals surface area contributed by atoms with E-state index in [9.17, 15) is 28.2 Å². The van der Waals surface area contributed by atoms with Gasteiger partial charge in [-0.05, 0) is 54.2 Å². The van der Waals surface area contributed by atoms with Crippen molar-refractivity contribution in [1.82, 2.24) is 10.0 Å². The van der Waals surface area contributed by atoms with Crippen LogP contribution in [0.25, 0.3) is 11.1 Å². The average molecular weight is 517 g/mol. The van der Waals surface area contributed by atoms with Crippen LogP contribution in [0, 0.1) is 5.92 Å². The third-order valence-corrected chi connectivity index (χ3v) is 7.06. The van der Waals surface area contributed by atoms with Crippen LogP contribution in [0.1, 0.15) is 26.7 Å². The molecule has 0 aliphatic rings. The van der Waals surface area contributed by atoms with Gasteiger partial charge in [0.2, 0.25) is 10.0 Å². The van der Waals surface area contributed by atoms with Gasteiger partial charge in [-0.2, -0.15) is 0 Å². The SMILES string of the molecule is CC(C)CC(NC(CCNS(=O)(=O)c1ccc(-c2ccc(Cl)c(Cl)c2)cc1)C(=O)O)C(=O)O. The standard InChI is InChI=1S/C22H26Cl2N2O6S/c1-13(2)11-20(22(29)30)26-19(21(27)28)9-10-25-33(31,32)16-6-3-14(4-7-16)15-5-8-17(23)18(24)12-15/h3-8,12-13,19-20,25-26H,9-11H2,1-2H3,(H,27,28)(H,29,30). The lowest BCUT2D eigenvalue weighted by molar-refractivity contribution is -0.143. The molecule has 11 heteroatoms. The fourth-order valence-corrected chi connectivity index (χ4v) is 4.50. The number of carboxylic acid groups (broad SMARTS) is 2. The Bertz CT molecular complexity index is 1090. The van der Waals surface area contributed by atoms with E-state index in [1.165, 1.54) is 12.1 Å². The zero-order valence-corrected chi connectivity index (χ0v) is 20.4. The van der Waals surface area contributed by atoms with Crippen LogP contribution in [-0.2, 0) is 19.6 Å². The van der Waals surface area contributed by atoms with Gasteiger partial charge in [0.1, 0.15) is 12.1 Å². The minimum atomic E-state index is -3.89. The molecule has 2 aromatic carbocycles. The summed E-state index contributed by atoms with van der Waals surface area (Å²) < 4.78 is 27.6. The smallest absolute Gasteiger partial charge is 0.320 e. The van der Waals surface area contributed by atoms with Crippen molar-refractivity contribution in [3.63, 3.8) is 0 Å². The number of nitrogens with one attached hydrogen (secondary N) is 2. The second-order valence-electron chi connectivity index (χ2n) is 7.92. The molecule has 0 spiro atoms. The predicted molar refractivity (Wildman–Crippen MR) is 127 cm³/mol. The summed E-state index contributed by atoms with van der Waals surface area (Å²) in [5, 5.41) is 22.1. The molecular weight excluding hydrogens is 491 g/mol. The van der Waals surface area contributed by atoms with E-state index in [0.717, 1.165) is 11.1 Å². The zero-order chi connectivity index (χ0) is 24.8. The van der Waals surface area contributed by atoms with E-state index < -0.39 is 34.0 Å². The highest BCUT2D eigenvalue weighted by Gasteiger charge is 2.27. The summed E-state index contributed by atoms with van der Waals surface area (Å²) in [7, 11) is -3.89. The maximum atomic E-state index is 12.6. The molecular formula is C22H26Cl2N2O6S. The molecule has 0 bridgehead atoms. The number of halogens is 2. The second-order valence-corrected chi connectivity index (χ2v) is 10.5. The molecule has 0 radical (unpaired) electrons. The van der Waals surface area contributed by atoms with Crippen molar-refractivity contribution in [2.24, 2.45) is 5.92 Å². The van der Waals surface area contributed by atoms with E-state index in [0.29, 0.717) is 10.0 Å².